The van der Waals surface area contributed by atoms with Gasteiger partial charge < -0.3 is 14.4 Å². The van der Waals surface area contributed by atoms with Crippen LogP contribution in [0.3, 0.4) is 0 Å². The van der Waals surface area contributed by atoms with Crippen molar-refractivity contribution in [3.63, 3.8) is 0 Å². The minimum Gasteiger partial charge on any atom is -0.476 e. The van der Waals surface area contributed by atoms with E-state index in [9.17, 15) is 13.2 Å². The molecule has 2 aromatic heterocycles. The van der Waals surface area contributed by atoms with Crippen molar-refractivity contribution < 1.29 is 22.7 Å². The van der Waals surface area contributed by atoms with Crippen molar-refractivity contribution in [3.8, 4) is 5.88 Å². The summed E-state index contributed by atoms with van der Waals surface area (Å²) in [5.41, 5.74) is 1.19. The molecule has 11 nitrogen and oxygen atoms in total. The van der Waals surface area contributed by atoms with Gasteiger partial charge in [-0.1, -0.05) is 23.5 Å². The normalized spacial score (nSPS) is 14.7. The molecule has 1 aromatic carbocycles. The predicted octanol–water partition coefficient (Wildman–Crippen LogP) is 3.66. The van der Waals surface area contributed by atoms with Crippen molar-refractivity contribution in [2.45, 2.75) is 43.5 Å². The minimum absolute atomic E-state index is 0.0127. The number of thiazole rings is 1. The average molecular weight is 603 g/mol. The van der Waals surface area contributed by atoms with E-state index in [1.165, 1.54) is 23.5 Å². The van der Waals surface area contributed by atoms with Gasteiger partial charge in [-0.25, -0.2) is 18.4 Å². The molecule has 0 bridgehead atoms. The Morgan fingerprint density at radius 2 is 1.83 bits per heavy atom. The minimum atomic E-state index is -3.46. The quantitative estimate of drug-likeness (QED) is 0.230. The fourth-order valence-corrected chi connectivity index (χ4v) is 6.09. The lowest BCUT2D eigenvalue weighted by atomic mass is 10.1. The van der Waals surface area contributed by atoms with Crippen LogP contribution < -0.4 is 10.1 Å². The zero-order valence-electron chi connectivity index (χ0n) is 24.2. The number of anilines is 1. The molecular weight excluding hydrogens is 564 g/mol. The van der Waals surface area contributed by atoms with Gasteiger partial charge in [-0.3, -0.25) is 15.1 Å². The second kappa shape index (κ2) is 13.2. The molecule has 3 aromatic rings. The molecule has 222 valence electrons. The highest BCUT2D eigenvalue weighted by atomic mass is 32.2. The lowest BCUT2D eigenvalue weighted by Gasteiger charge is -2.31. The van der Waals surface area contributed by atoms with Crippen LogP contribution in [0.1, 0.15) is 38.7 Å². The third-order valence-corrected chi connectivity index (χ3v) is 9.72. The standard InChI is InChI=1S/C28H38N6O5S2/c1-28(2,33(3)4)19-39-23-14-13-22-26(30-23)40-27(29-22)31-25(35)24(32-34-15-6-7-16-34)20-9-11-21(12-10-20)41(36,37)18-8-17-38-5/h9-14H,6-8,15-19H2,1-5H3,(H,29,31,35)/b32-24-. The highest BCUT2D eigenvalue weighted by Crippen LogP contribution is 2.27. The monoisotopic (exact) mass is 602 g/mol. The largest absolute Gasteiger partial charge is 0.476 e. The van der Waals surface area contributed by atoms with Crippen LogP contribution in [0.2, 0.25) is 0 Å². The van der Waals surface area contributed by atoms with Gasteiger partial charge in [0.05, 0.1) is 10.6 Å². The Balaban J connectivity index is 1.53. The maximum atomic E-state index is 13.5. The van der Waals surface area contributed by atoms with E-state index in [2.05, 4.69) is 39.1 Å². The molecule has 4 rings (SSSR count). The summed E-state index contributed by atoms with van der Waals surface area (Å²) >= 11 is 1.25. The molecular formula is C28H38N6O5S2. The van der Waals surface area contributed by atoms with E-state index >= 15 is 0 Å². The van der Waals surface area contributed by atoms with Crippen LogP contribution in [0, 0.1) is 0 Å². The number of hydrazone groups is 1. The number of aromatic nitrogens is 2. The highest BCUT2D eigenvalue weighted by molar-refractivity contribution is 7.91. The maximum Gasteiger partial charge on any atom is 0.278 e. The summed E-state index contributed by atoms with van der Waals surface area (Å²) < 4.78 is 36.2. The number of likely N-dealkylation sites (N-methyl/N-ethyl adjacent to an activating group) is 1. The van der Waals surface area contributed by atoms with Gasteiger partial charge in [0.25, 0.3) is 5.91 Å². The maximum absolute atomic E-state index is 13.5. The number of carbonyl (C=O) groups excluding carboxylic acids is 1. The number of ether oxygens (including phenoxy) is 2. The molecule has 1 aliphatic heterocycles. The van der Waals surface area contributed by atoms with Gasteiger partial charge >= 0.3 is 0 Å². The average Bonchev–Trinajstić information content (AvgIpc) is 3.59. The van der Waals surface area contributed by atoms with Crippen LogP contribution in [0.15, 0.2) is 46.4 Å². The molecule has 1 fully saturated rings. The fraction of sp³-hybridized carbons (Fsp3) is 0.500. The number of methoxy groups -OCH3 is 1. The summed E-state index contributed by atoms with van der Waals surface area (Å²) in [4.78, 5) is 25.5. The number of nitrogens with zero attached hydrogens (tertiary/aromatic N) is 5. The van der Waals surface area contributed by atoms with Gasteiger partial charge in [0.1, 0.15) is 17.0 Å². The highest BCUT2D eigenvalue weighted by Gasteiger charge is 2.23. The second-order valence-corrected chi connectivity index (χ2v) is 13.8. The van der Waals surface area contributed by atoms with Gasteiger partial charge in [-0.05, 0) is 65.4 Å². The van der Waals surface area contributed by atoms with Crippen molar-refractivity contribution in [2.24, 2.45) is 5.10 Å². The molecule has 1 saturated heterocycles. The van der Waals surface area contributed by atoms with Crippen molar-refractivity contribution in [3.05, 3.63) is 42.0 Å². The van der Waals surface area contributed by atoms with Crippen molar-refractivity contribution in [2.75, 3.05) is 58.6 Å². The topological polar surface area (TPSA) is 126 Å². The molecule has 0 aliphatic carbocycles. The smallest absolute Gasteiger partial charge is 0.278 e. The SMILES string of the molecule is COCCCS(=O)(=O)c1ccc(/C(=N/N2CCCC2)C(=O)Nc2nc3ccc(OCC(C)(C)N(C)C)nc3s2)cc1. The number of pyridine rings is 1. The Morgan fingerprint density at radius 1 is 1.12 bits per heavy atom. The molecule has 13 heteroatoms. The number of hydrogen-bond acceptors (Lipinski definition) is 11. The van der Waals surface area contributed by atoms with Crippen LogP contribution in [-0.4, -0.2) is 98.7 Å². The molecule has 0 saturated carbocycles. The number of sulfone groups is 1. The van der Waals surface area contributed by atoms with E-state index in [4.69, 9.17) is 9.47 Å². The van der Waals surface area contributed by atoms with Gasteiger partial charge in [0.15, 0.2) is 20.7 Å². The third kappa shape index (κ3) is 8.00. The summed E-state index contributed by atoms with van der Waals surface area (Å²) in [6.07, 6.45) is 2.40. The first-order valence-electron chi connectivity index (χ1n) is 13.5. The fourth-order valence-electron chi connectivity index (χ4n) is 3.98. The zero-order valence-corrected chi connectivity index (χ0v) is 25.8. The number of rotatable bonds is 13. The van der Waals surface area contributed by atoms with Gasteiger partial charge in [0, 0.05) is 44.0 Å². The number of amides is 1. The first kappa shape index (κ1) is 30.8. The lowest BCUT2D eigenvalue weighted by molar-refractivity contribution is -0.110. The Bertz CT molecular complexity index is 1480. The van der Waals surface area contributed by atoms with E-state index in [1.54, 1.807) is 25.3 Å². The van der Waals surface area contributed by atoms with E-state index in [0.29, 0.717) is 46.6 Å². The summed E-state index contributed by atoms with van der Waals surface area (Å²) in [7, 11) is 2.08. The Labute approximate surface area is 245 Å². The summed E-state index contributed by atoms with van der Waals surface area (Å²) in [6, 6.07) is 9.87. The van der Waals surface area contributed by atoms with Crippen LogP contribution >= 0.6 is 11.3 Å². The first-order valence-corrected chi connectivity index (χ1v) is 16.0. The number of benzene rings is 1. The number of fused-ring (bicyclic) bond motifs is 1. The van der Waals surface area contributed by atoms with E-state index in [1.807, 2.05) is 25.2 Å². The molecule has 0 spiro atoms. The zero-order chi connectivity index (χ0) is 29.6. The predicted molar refractivity (Wildman–Crippen MR) is 162 cm³/mol. The van der Waals surface area contributed by atoms with E-state index < -0.39 is 15.7 Å². The summed E-state index contributed by atoms with van der Waals surface area (Å²) in [6.45, 7) is 6.51. The first-order chi connectivity index (χ1) is 19.5. The second-order valence-electron chi connectivity index (χ2n) is 10.7. The lowest BCUT2D eigenvalue weighted by Crippen LogP contribution is -2.43. The van der Waals surface area contributed by atoms with E-state index in [-0.39, 0.29) is 21.9 Å². The Kier molecular flexibility index (Phi) is 9.95. The molecule has 1 aliphatic rings. The van der Waals surface area contributed by atoms with Crippen molar-refractivity contribution >= 4 is 48.3 Å². The summed E-state index contributed by atoms with van der Waals surface area (Å²) in [5, 5.41) is 9.75. The third-order valence-electron chi connectivity index (χ3n) is 7.02. The molecule has 0 radical (unpaired) electrons. The van der Waals surface area contributed by atoms with Crippen molar-refractivity contribution in [1.82, 2.24) is 19.9 Å². The molecule has 1 N–H and O–H groups in total. The van der Waals surface area contributed by atoms with Gasteiger partial charge in [-0.15, -0.1) is 0 Å². The Morgan fingerprint density at radius 3 is 2.49 bits per heavy atom. The van der Waals surface area contributed by atoms with Gasteiger partial charge in [-0.2, -0.15) is 5.10 Å². The number of carbonyl (C=O) groups is 1. The molecule has 3 heterocycles. The van der Waals surface area contributed by atoms with Crippen LogP contribution in [0.25, 0.3) is 10.3 Å². The molecule has 41 heavy (non-hydrogen) atoms. The Hall–Kier alpha value is -3.13. The molecule has 0 atom stereocenters. The molecule has 0 unspecified atom stereocenters. The van der Waals surface area contributed by atoms with Crippen molar-refractivity contribution in [1.29, 1.82) is 0 Å². The van der Waals surface area contributed by atoms with E-state index in [0.717, 1.165) is 25.9 Å². The van der Waals surface area contributed by atoms with Gasteiger partial charge in [0.2, 0.25) is 5.88 Å². The van der Waals surface area contributed by atoms with Crippen LogP contribution in [0.5, 0.6) is 5.88 Å². The number of nitrogens with one attached hydrogen (secondary N) is 1. The van der Waals surface area contributed by atoms with Crippen LogP contribution in [0.4, 0.5) is 5.13 Å². The number of hydrogen-bond donors (Lipinski definition) is 1. The summed E-state index contributed by atoms with van der Waals surface area (Å²) in [5.74, 6) is 0.0413. The molecule has 1 amide bonds. The van der Waals surface area contributed by atoms with Crippen LogP contribution in [-0.2, 0) is 19.4 Å².